The summed E-state index contributed by atoms with van der Waals surface area (Å²) in [6.07, 6.45) is 2.25. The number of hydrogen-bond acceptors (Lipinski definition) is 12. The SMILES string of the molecule is NC(=O)CC/C=C\SC1=C(C(=O)[O-])N2C(=O)C(NC(=O)/C(=N\O)c3csc(N)n3)[C@H]2SC1.[Na+]. The van der Waals surface area contributed by atoms with Crippen molar-refractivity contribution in [2.45, 2.75) is 24.3 Å². The summed E-state index contributed by atoms with van der Waals surface area (Å²) >= 11 is 3.41. The van der Waals surface area contributed by atoms with E-state index in [1.165, 1.54) is 17.1 Å². The Hall–Kier alpha value is -2.04. The van der Waals surface area contributed by atoms with Crippen LogP contribution < -0.4 is 51.4 Å². The van der Waals surface area contributed by atoms with Crippen LogP contribution in [0.5, 0.6) is 0 Å². The number of hydrogen-bond donors (Lipinski definition) is 4. The van der Waals surface area contributed by atoms with Crippen molar-refractivity contribution in [1.82, 2.24) is 15.2 Å². The summed E-state index contributed by atoms with van der Waals surface area (Å²) in [6, 6.07) is -1.02. The summed E-state index contributed by atoms with van der Waals surface area (Å²) in [5.41, 5.74) is 9.95. The second-order valence-corrected chi connectivity index (χ2v) is 9.43. The minimum Gasteiger partial charge on any atom is -0.543 e. The van der Waals surface area contributed by atoms with E-state index < -0.39 is 40.8 Å². The number of oxime groups is 1. The number of nitrogen functional groups attached to an aromatic ring is 1. The average molecular weight is 521 g/mol. The van der Waals surface area contributed by atoms with Gasteiger partial charge in [0.25, 0.3) is 11.8 Å². The van der Waals surface area contributed by atoms with Crippen LogP contribution in [0, 0.1) is 0 Å². The van der Waals surface area contributed by atoms with Crippen LogP contribution >= 0.6 is 34.9 Å². The number of carboxylic acids is 1. The van der Waals surface area contributed by atoms with Gasteiger partial charge in [-0.15, -0.1) is 23.1 Å². The fourth-order valence-corrected chi connectivity index (χ4v) is 5.82. The summed E-state index contributed by atoms with van der Waals surface area (Å²) in [6.45, 7) is 0. The number of rotatable bonds is 9. The molecule has 2 atom stereocenters. The van der Waals surface area contributed by atoms with Crippen molar-refractivity contribution in [2.75, 3.05) is 11.5 Å². The molecule has 1 saturated heterocycles. The third-order valence-electron chi connectivity index (χ3n) is 4.36. The molecule has 1 fully saturated rings. The van der Waals surface area contributed by atoms with Crippen molar-refractivity contribution in [1.29, 1.82) is 0 Å². The standard InChI is InChI=1S/C17H18N6O6S3.Na/c18-9(24)3-1-2-4-30-8-6-31-15-11(14(26)23(15)12(8)16(27)28)21-13(25)10(22-29)7-5-32-17(19)20-7;/h2,4-5,11,15,29H,1,3,6H2,(H2,18,24)(H2,19,20)(H,21,25)(H,27,28);/q;+1/p-1/b4-2-,22-10-;/t11?,15-;/m1./s1. The Morgan fingerprint density at radius 3 is 2.76 bits per heavy atom. The maximum atomic E-state index is 12.7. The summed E-state index contributed by atoms with van der Waals surface area (Å²) in [7, 11) is 0. The number of nitrogens with two attached hydrogens (primary N) is 2. The largest absolute Gasteiger partial charge is 1.00 e. The number of carbonyl (C=O) groups is 4. The van der Waals surface area contributed by atoms with Crippen LogP contribution in [0.25, 0.3) is 0 Å². The maximum Gasteiger partial charge on any atom is 1.00 e. The molecule has 0 radical (unpaired) electrons. The first-order valence-corrected chi connectivity index (χ1v) is 11.8. The molecule has 1 aromatic heterocycles. The van der Waals surface area contributed by atoms with E-state index in [1.807, 2.05) is 0 Å². The molecule has 0 aromatic carbocycles. The van der Waals surface area contributed by atoms with Crippen molar-refractivity contribution in [3.63, 3.8) is 0 Å². The first kappa shape index (κ1) is 27.2. The summed E-state index contributed by atoms with van der Waals surface area (Å²) in [4.78, 5) is 52.9. The third kappa shape index (κ3) is 6.10. The Morgan fingerprint density at radius 1 is 1.45 bits per heavy atom. The molecule has 6 N–H and O–H groups in total. The zero-order valence-electron chi connectivity index (χ0n) is 17.2. The van der Waals surface area contributed by atoms with Crippen molar-refractivity contribution >= 4 is 69.4 Å². The Morgan fingerprint density at radius 2 is 2.18 bits per heavy atom. The number of anilines is 1. The molecule has 33 heavy (non-hydrogen) atoms. The molecule has 0 aliphatic carbocycles. The number of primary amides is 1. The number of aromatic nitrogens is 1. The van der Waals surface area contributed by atoms with Gasteiger partial charge in [-0.3, -0.25) is 19.3 Å². The number of β-lactam (4-membered cyclic amide) rings is 1. The van der Waals surface area contributed by atoms with Crippen molar-refractivity contribution < 1.29 is 59.0 Å². The van der Waals surface area contributed by atoms with Crippen LogP contribution in [0.15, 0.2) is 32.6 Å². The Balaban J connectivity index is 0.00000385. The van der Waals surface area contributed by atoms with Gasteiger partial charge in [0, 0.05) is 22.5 Å². The molecule has 0 spiro atoms. The van der Waals surface area contributed by atoms with Crippen LogP contribution in [-0.2, 0) is 19.2 Å². The number of amides is 3. The molecule has 3 amide bonds. The Labute approximate surface area is 222 Å². The van der Waals surface area contributed by atoms with Gasteiger partial charge in [0.2, 0.25) is 5.91 Å². The van der Waals surface area contributed by atoms with Gasteiger partial charge in [-0.05, 0) is 11.8 Å². The number of thioether (sulfide) groups is 2. The van der Waals surface area contributed by atoms with Gasteiger partial charge in [-0.1, -0.05) is 23.0 Å². The molecule has 170 valence electrons. The molecule has 2 aliphatic rings. The molecule has 1 unspecified atom stereocenters. The van der Waals surface area contributed by atoms with Gasteiger partial charge < -0.3 is 31.9 Å². The molecule has 2 aliphatic heterocycles. The number of fused-ring (bicyclic) bond motifs is 1. The van der Waals surface area contributed by atoms with E-state index in [9.17, 15) is 29.5 Å². The Bertz CT molecular complexity index is 1060. The van der Waals surface area contributed by atoms with Gasteiger partial charge in [-0.2, -0.15) is 0 Å². The molecule has 0 saturated carbocycles. The summed E-state index contributed by atoms with van der Waals surface area (Å²) < 4.78 is 0. The van der Waals surface area contributed by atoms with Crippen LogP contribution in [0.3, 0.4) is 0 Å². The zero-order chi connectivity index (χ0) is 23.4. The van der Waals surface area contributed by atoms with Crippen molar-refractivity contribution in [2.24, 2.45) is 10.9 Å². The average Bonchev–Trinajstić information content (AvgIpc) is 3.17. The van der Waals surface area contributed by atoms with Crippen LogP contribution in [0.1, 0.15) is 18.5 Å². The first-order chi connectivity index (χ1) is 15.2. The van der Waals surface area contributed by atoms with E-state index in [2.05, 4.69) is 15.5 Å². The summed E-state index contributed by atoms with van der Waals surface area (Å²) in [5.74, 6) is -3.19. The topological polar surface area (TPSA) is 204 Å². The molecule has 12 nitrogen and oxygen atoms in total. The minimum atomic E-state index is -1.52. The maximum absolute atomic E-state index is 12.7. The minimum absolute atomic E-state index is 0. The number of carboxylic acid groups (broad SMARTS) is 1. The van der Waals surface area contributed by atoms with Gasteiger partial charge in [0.05, 0.1) is 11.7 Å². The quantitative estimate of drug-likeness (QED) is 0.0812. The fourth-order valence-electron chi connectivity index (χ4n) is 2.91. The van der Waals surface area contributed by atoms with Gasteiger partial charge >= 0.3 is 29.6 Å². The summed E-state index contributed by atoms with van der Waals surface area (Å²) in [5, 5.41) is 28.8. The number of nitrogens with one attached hydrogen (secondary N) is 1. The van der Waals surface area contributed by atoms with E-state index in [0.29, 0.717) is 11.3 Å². The van der Waals surface area contributed by atoms with Gasteiger partial charge in [0.1, 0.15) is 17.1 Å². The van der Waals surface area contributed by atoms with E-state index >= 15 is 0 Å². The third-order valence-corrected chi connectivity index (χ3v) is 7.44. The molecule has 3 heterocycles. The Kier molecular flexibility index (Phi) is 9.81. The molecule has 3 rings (SSSR count). The van der Waals surface area contributed by atoms with Gasteiger partial charge in [0.15, 0.2) is 10.8 Å². The van der Waals surface area contributed by atoms with Crippen molar-refractivity contribution in [3.05, 3.63) is 33.2 Å². The van der Waals surface area contributed by atoms with E-state index in [4.69, 9.17) is 11.5 Å². The second kappa shape index (κ2) is 11.9. The zero-order valence-corrected chi connectivity index (χ0v) is 21.7. The number of carbonyl (C=O) groups excluding carboxylic acids is 4. The number of thiazole rings is 1. The van der Waals surface area contributed by atoms with E-state index in [-0.39, 0.29) is 58.3 Å². The second-order valence-electron chi connectivity index (χ2n) is 6.43. The van der Waals surface area contributed by atoms with Crippen molar-refractivity contribution in [3.8, 4) is 0 Å². The number of nitrogens with zero attached hydrogens (tertiary/aromatic N) is 3. The predicted molar refractivity (Wildman–Crippen MR) is 117 cm³/mol. The first-order valence-electron chi connectivity index (χ1n) is 8.98. The fraction of sp³-hybridized carbons (Fsp3) is 0.294. The van der Waals surface area contributed by atoms with Crippen LogP contribution in [0.2, 0.25) is 0 Å². The molecule has 0 bridgehead atoms. The predicted octanol–water partition coefficient (Wildman–Crippen LogP) is -4.22. The normalized spacial score (nSPS) is 20.2. The molecular formula is C17H17N6NaO6S3. The smallest absolute Gasteiger partial charge is 0.543 e. The number of aliphatic carboxylic acids is 1. The molecule has 1 aromatic rings. The van der Waals surface area contributed by atoms with Crippen LogP contribution in [-0.4, -0.2) is 61.7 Å². The monoisotopic (exact) mass is 520 g/mol. The van der Waals surface area contributed by atoms with E-state index in [1.54, 1.807) is 11.5 Å². The molecule has 16 heteroatoms. The van der Waals surface area contributed by atoms with Crippen LogP contribution in [0.4, 0.5) is 5.13 Å². The number of allylic oxidation sites excluding steroid dienone is 1. The van der Waals surface area contributed by atoms with Gasteiger partial charge in [-0.25, -0.2) is 4.98 Å². The van der Waals surface area contributed by atoms with E-state index in [0.717, 1.165) is 28.0 Å². The molecular weight excluding hydrogens is 503 g/mol.